The van der Waals surface area contributed by atoms with E-state index in [9.17, 15) is 19.8 Å². The highest BCUT2D eigenvalue weighted by atomic mass is 16.4. The lowest BCUT2D eigenvalue weighted by Crippen LogP contribution is -2.56. The summed E-state index contributed by atoms with van der Waals surface area (Å²) >= 11 is 0. The Morgan fingerprint density at radius 3 is 2.74 bits per heavy atom. The highest BCUT2D eigenvalue weighted by Crippen LogP contribution is 2.23. The summed E-state index contributed by atoms with van der Waals surface area (Å²) in [7, 11) is 1.78. The number of nitrogens with one attached hydrogen (secondary N) is 2. The van der Waals surface area contributed by atoms with Gasteiger partial charge >= 0.3 is 6.09 Å². The summed E-state index contributed by atoms with van der Waals surface area (Å²) in [6, 6.07) is 12.3. The minimum Gasteiger partial charge on any atom is -0.465 e. The van der Waals surface area contributed by atoms with E-state index in [1.54, 1.807) is 29.9 Å². The van der Waals surface area contributed by atoms with E-state index in [1.165, 1.54) is 11.1 Å². The average Bonchev–Trinajstić information content (AvgIpc) is 3.46. The molecular weight excluding hydrogens is 452 g/mol. The van der Waals surface area contributed by atoms with Crippen molar-refractivity contribution >= 4 is 34.7 Å². The number of carbonyl (C=O) groups is 2. The molecule has 3 aromatic heterocycles. The van der Waals surface area contributed by atoms with Crippen LogP contribution in [0.25, 0.3) is 22.6 Å². The number of aliphatic hydroxyl groups excluding tert-OH is 1. The summed E-state index contributed by atoms with van der Waals surface area (Å²) in [6.07, 6.45) is 0.410. The smallest absolute Gasteiger partial charge is 0.407 e. The first-order valence-electron chi connectivity index (χ1n) is 11.0. The molecule has 12 nitrogen and oxygen atoms in total. The molecule has 0 bridgehead atoms. The summed E-state index contributed by atoms with van der Waals surface area (Å²) in [5, 5.41) is 26.0. The molecule has 1 unspecified atom stereocenters. The van der Waals surface area contributed by atoms with Crippen LogP contribution in [0.3, 0.4) is 0 Å². The Morgan fingerprint density at radius 1 is 1.20 bits per heavy atom. The minimum absolute atomic E-state index is 0.262. The van der Waals surface area contributed by atoms with Crippen LogP contribution in [0.5, 0.6) is 0 Å². The summed E-state index contributed by atoms with van der Waals surface area (Å²) in [5.74, 6) is 1.28. The van der Waals surface area contributed by atoms with Gasteiger partial charge in [0, 0.05) is 38.9 Å². The molecule has 1 aromatic carbocycles. The second kappa shape index (κ2) is 9.06. The monoisotopic (exact) mass is 476 g/mol. The Bertz CT molecular complexity index is 1350. The zero-order valence-corrected chi connectivity index (χ0v) is 18.9. The van der Waals surface area contributed by atoms with Crippen LogP contribution in [-0.2, 0) is 7.05 Å². The van der Waals surface area contributed by atoms with Crippen LogP contribution in [0, 0.1) is 0 Å². The lowest BCUT2D eigenvalue weighted by molar-refractivity contribution is 0.0908. The standard InChI is InChI=1S/C23H24N8O4/c1-29-18(21-25-16-4-2-3-5-17(16)26-21)10-19(28-29)27-22(33)14-6-7-20(24-11-14)30-8-9-31(23(34)35)15(12-30)13-32/h2-7,10-11,15,32H,8-9,12-13H2,1H3,(H,25,26)(H,34,35)(H,27,28,33). The molecule has 35 heavy (non-hydrogen) atoms. The lowest BCUT2D eigenvalue weighted by atomic mass is 10.2. The Balaban J connectivity index is 1.27. The lowest BCUT2D eigenvalue weighted by Gasteiger charge is -2.39. The maximum absolute atomic E-state index is 12.8. The largest absolute Gasteiger partial charge is 0.465 e. The number of rotatable bonds is 5. The maximum Gasteiger partial charge on any atom is 0.407 e. The topological polar surface area (TPSA) is 152 Å². The Kier molecular flexibility index (Phi) is 5.79. The second-order valence-electron chi connectivity index (χ2n) is 8.26. The van der Waals surface area contributed by atoms with Gasteiger partial charge in [0.1, 0.15) is 11.5 Å². The molecule has 0 spiro atoms. The molecule has 0 radical (unpaired) electrons. The second-order valence-corrected chi connectivity index (χ2v) is 8.26. The Hall–Kier alpha value is -4.45. The van der Waals surface area contributed by atoms with Crippen LogP contribution in [0.2, 0.25) is 0 Å². The number of aliphatic hydroxyl groups is 1. The summed E-state index contributed by atoms with van der Waals surface area (Å²) in [4.78, 5) is 39.4. The number of aromatic amines is 1. The Labute approximate surface area is 199 Å². The highest BCUT2D eigenvalue weighted by Gasteiger charge is 2.30. The molecule has 4 N–H and O–H groups in total. The van der Waals surface area contributed by atoms with Crippen molar-refractivity contribution in [1.82, 2.24) is 29.6 Å². The number of carbonyl (C=O) groups excluding carboxylic acids is 1. The molecule has 2 amide bonds. The van der Waals surface area contributed by atoms with E-state index >= 15 is 0 Å². The third-order valence-corrected chi connectivity index (χ3v) is 6.03. The van der Waals surface area contributed by atoms with Gasteiger partial charge in [-0.15, -0.1) is 0 Å². The molecule has 1 atom stereocenters. The van der Waals surface area contributed by atoms with Gasteiger partial charge in [-0.1, -0.05) is 12.1 Å². The molecule has 12 heteroatoms. The number of piperazine rings is 1. The van der Waals surface area contributed by atoms with Crippen molar-refractivity contribution in [3.63, 3.8) is 0 Å². The van der Waals surface area contributed by atoms with Crippen LogP contribution >= 0.6 is 0 Å². The fourth-order valence-electron chi connectivity index (χ4n) is 4.19. The van der Waals surface area contributed by atoms with Crippen molar-refractivity contribution in [2.24, 2.45) is 7.05 Å². The number of pyridine rings is 1. The fourth-order valence-corrected chi connectivity index (χ4v) is 4.19. The number of benzene rings is 1. The molecule has 5 rings (SSSR count). The van der Waals surface area contributed by atoms with Gasteiger partial charge in [-0.25, -0.2) is 14.8 Å². The van der Waals surface area contributed by atoms with Gasteiger partial charge in [-0.3, -0.25) is 14.4 Å². The van der Waals surface area contributed by atoms with Crippen molar-refractivity contribution in [3.8, 4) is 11.5 Å². The number of hydrogen-bond donors (Lipinski definition) is 4. The normalized spacial score (nSPS) is 16.0. The van der Waals surface area contributed by atoms with E-state index in [2.05, 4.69) is 25.4 Å². The van der Waals surface area contributed by atoms with E-state index < -0.39 is 12.1 Å². The first-order chi connectivity index (χ1) is 16.9. The van der Waals surface area contributed by atoms with Crippen LogP contribution in [0.15, 0.2) is 48.7 Å². The number of hydrogen-bond acceptors (Lipinski definition) is 7. The predicted octanol–water partition coefficient (Wildman–Crippen LogP) is 1.77. The average molecular weight is 476 g/mol. The zero-order valence-electron chi connectivity index (χ0n) is 18.9. The number of H-pyrrole nitrogens is 1. The van der Waals surface area contributed by atoms with Gasteiger partial charge in [0.2, 0.25) is 0 Å². The SMILES string of the molecule is Cn1nc(NC(=O)c2ccc(N3CCN(C(=O)O)C(CO)C3)nc2)cc1-c1nc2ccccc2[nH]1. The first kappa shape index (κ1) is 22.3. The van der Waals surface area contributed by atoms with E-state index in [1.807, 2.05) is 29.2 Å². The van der Waals surface area contributed by atoms with E-state index in [0.717, 1.165) is 16.7 Å². The molecule has 4 aromatic rings. The minimum atomic E-state index is -1.05. The number of amides is 2. The third-order valence-electron chi connectivity index (χ3n) is 6.03. The summed E-state index contributed by atoms with van der Waals surface area (Å²) in [6.45, 7) is 0.751. The summed E-state index contributed by atoms with van der Waals surface area (Å²) < 4.78 is 1.64. The number of imidazole rings is 1. The predicted molar refractivity (Wildman–Crippen MR) is 128 cm³/mol. The highest BCUT2D eigenvalue weighted by molar-refractivity contribution is 6.03. The van der Waals surface area contributed by atoms with Gasteiger partial charge in [-0.2, -0.15) is 5.10 Å². The number of para-hydroxylation sites is 2. The molecule has 1 aliphatic rings. The maximum atomic E-state index is 12.8. The van der Waals surface area contributed by atoms with Crippen molar-refractivity contribution in [2.45, 2.75) is 6.04 Å². The van der Waals surface area contributed by atoms with Crippen LogP contribution in [0.4, 0.5) is 16.4 Å². The van der Waals surface area contributed by atoms with Crippen LogP contribution < -0.4 is 10.2 Å². The van der Waals surface area contributed by atoms with Crippen molar-refractivity contribution in [1.29, 1.82) is 0 Å². The zero-order chi connectivity index (χ0) is 24.5. The molecule has 4 heterocycles. The van der Waals surface area contributed by atoms with Gasteiger partial charge in [0.15, 0.2) is 11.6 Å². The number of aryl methyl sites for hydroxylation is 1. The molecular formula is C23H24N8O4. The van der Waals surface area contributed by atoms with Crippen molar-refractivity contribution < 1.29 is 19.8 Å². The van der Waals surface area contributed by atoms with Gasteiger partial charge in [0.25, 0.3) is 5.91 Å². The first-order valence-corrected chi connectivity index (χ1v) is 11.0. The molecule has 1 fully saturated rings. The van der Waals surface area contributed by atoms with Crippen molar-refractivity contribution in [3.05, 3.63) is 54.2 Å². The Morgan fingerprint density at radius 2 is 2.03 bits per heavy atom. The number of fused-ring (bicyclic) bond motifs is 1. The number of aromatic nitrogens is 5. The number of carboxylic acid groups (broad SMARTS) is 1. The van der Waals surface area contributed by atoms with Gasteiger partial charge < -0.3 is 25.4 Å². The third kappa shape index (κ3) is 4.38. The van der Waals surface area contributed by atoms with Crippen LogP contribution in [0.1, 0.15) is 10.4 Å². The summed E-state index contributed by atoms with van der Waals surface area (Å²) in [5.41, 5.74) is 2.83. The van der Waals surface area contributed by atoms with Gasteiger partial charge in [0.05, 0.1) is 29.2 Å². The van der Waals surface area contributed by atoms with E-state index in [-0.39, 0.29) is 19.1 Å². The number of anilines is 2. The molecule has 0 saturated carbocycles. The molecule has 180 valence electrons. The van der Waals surface area contributed by atoms with Gasteiger partial charge in [-0.05, 0) is 24.3 Å². The molecule has 1 aliphatic heterocycles. The van der Waals surface area contributed by atoms with E-state index in [0.29, 0.717) is 36.1 Å². The van der Waals surface area contributed by atoms with E-state index in [4.69, 9.17) is 0 Å². The quantitative estimate of drug-likeness (QED) is 0.340. The van der Waals surface area contributed by atoms with Crippen LogP contribution in [-0.4, -0.2) is 84.1 Å². The molecule has 1 saturated heterocycles. The fraction of sp³-hybridized carbons (Fsp3) is 0.261. The van der Waals surface area contributed by atoms with Crippen molar-refractivity contribution in [2.75, 3.05) is 36.5 Å². The number of nitrogens with zero attached hydrogens (tertiary/aromatic N) is 6. The molecule has 0 aliphatic carbocycles.